The summed E-state index contributed by atoms with van der Waals surface area (Å²) in [6, 6.07) is 8.84. The molecule has 0 saturated carbocycles. The standard InChI is InChI=1S/C14H17N3O3/c1-19-14-6-10(8-18)2-3-13(14)20-9-12-7-11(17-15)4-5-16-12/h2-7,18H,8-9,15H2,1H3,(H,16,17). The Bertz CT molecular complexity index is 575. The molecular formula is C14H17N3O3. The zero-order chi connectivity index (χ0) is 14.4. The summed E-state index contributed by atoms with van der Waals surface area (Å²) < 4.78 is 10.9. The zero-order valence-corrected chi connectivity index (χ0v) is 11.2. The van der Waals surface area contributed by atoms with Crippen LogP contribution < -0.4 is 20.7 Å². The molecular weight excluding hydrogens is 258 g/mol. The van der Waals surface area contributed by atoms with Crippen LogP contribution in [0.4, 0.5) is 5.69 Å². The van der Waals surface area contributed by atoms with E-state index in [-0.39, 0.29) is 6.61 Å². The van der Waals surface area contributed by atoms with Crippen LogP contribution in [0.15, 0.2) is 36.5 Å². The SMILES string of the molecule is COc1cc(CO)ccc1OCc1cc(NN)ccn1. The van der Waals surface area contributed by atoms with Gasteiger partial charge in [-0.3, -0.25) is 10.8 Å². The number of nitrogen functional groups attached to an aromatic ring is 1. The third-order valence-electron chi connectivity index (χ3n) is 2.77. The number of ether oxygens (including phenoxy) is 2. The van der Waals surface area contributed by atoms with Gasteiger partial charge in [0.25, 0.3) is 0 Å². The predicted octanol–water partition coefficient (Wildman–Crippen LogP) is 1.45. The summed E-state index contributed by atoms with van der Waals surface area (Å²) in [5.41, 5.74) is 4.83. The van der Waals surface area contributed by atoms with Crippen LogP contribution in [-0.2, 0) is 13.2 Å². The molecule has 0 amide bonds. The van der Waals surface area contributed by atoms with E-state index in [2.05, 4.69) is 10.4 Å². The van der Waals surface area contributed by atoms with Crippen molar-refractivity contribution in [3.63, 3.8) is 0 Å². The number of nitrogens with two attached hydrogens (primary N) is 1. The number of hydrazine groups is 1. The lowest BCUT2D eigenvalue weighted by atomic mass is 10.2. The highest BCUT2D eigenvalue weighted by atomic mass is 16.5. The Kier molecular flexibility index (Phi) is 4.75. The molecule has 2 rings (SSSR count). The fourth-order valence-corrected chi connectivity index (χ4v) is 1.73. The molecule has 0 aliphatic rings. The summed E-state index contributed by atoms with van der Waals surface area (Å²) in [5.74, 6) is 6.51. The number of methoxy groups -OCH3 is 1. The second kappa shape index (κ2) is 6.74. The second-order valence-corrected chi connectivity index (χ2v) is 4.11. The van der Waals surface area contributed by atoms with Crippen LogP contribution in [0, 0.1) is 0 Å². The van der Waals surface area contributed by atoms with E-state index in [9.17, 15) is 0 Å². The fraction of sp³-hybridized carbons (Fsp3) is 0.214. The molecule has 1 aromatic carbocycles. The maximum Gasteiger partial charge on any atom is 0.161 e. The lowest BCUT2D eigenvalue weighted by Crippen LogP contribution is -2.08. The number of benzene rings is 1. The Morgan fingerprint density at radius 3 is 2.80 bits per heavy atom. The van der Waals surface area contributed by atoms with Crippen molar-refractivity contribution < 1.29 is 14.6 Å². The molecule has 106 valence electrons. The monoisotopic (exact) mass is 275 g/mol. The first-order valence-electron chi connectivity index (χ1n) is 6.09. The van der Waals surface area contributed by atoms with Crippen LogP contribution in [0.25, 0.3) is 0 Å². The average Bonchev–Trinajstić information content (AvgIpc) is 2.52. The summed E-state index contributed by atoms with van der Waals surface area (Å²) in [7, 11) is 1.56. The Labute approximate surface area is 117 Å². The Balaban J connectivity index is 2.10. The minimum atomic E-state index is -0.0393. The van der Waals surface area contributed by atoms with Crippen molar-refractivity contribution in [2.45, 2.75) is 13.2 Å². The molecule has 0 fully saturated rings. The van der Waals surface area contributed by atoms with Crippen molar-refractivity contribution in [3.05, 3.63) is 47.8 Å². The van der Waals surface area contributed by atoms with Gasteiger partial charge < -0.3 is 20.0 Å². The first-order chi connectivity index (χ1) is 9.76. The molecule has 0 unspecified atom stereocenters. The molecule has 0 spiro atoms. The molecule has 0 aliphatic heterocycles. The number of rotatable bonds is 6. The Hall–Kier alpha value is -2.31. The smallest absolute Gasteiger partial charge is 0.161 e. The van der Waals surface area contributed by atoms with Gasteiger partial charge in [0.05, 0.1) is 25.1 Å². The normalized spacial score (nSPS) is 10.2. The molecule has 0 atom stereocenters. The topological polar surface area (TPSA) is 89.6 Å². The van der Waals surface area contributed by atoms with Gasteiger partial charge in [0.1, 0.15) is 6.61 Å². The van der Waals surface area contributed by atoms with Crippen molar-refractivity contribution in [1.29, 1.82) is 0 Å². The third-order valence-corrected chi connectivity index (χ3v) is 2.77. The van der Waals surface area contributed by atoms with Gasteiger partial charge in [-0.05, 0) is 29.8 Å². The minimum Gasteiger partial charge on any atom is -0.493 e. The maximum atomic E-state index is 9.09. The number of aliphatic hydroxyl groups is 1. The second-order valence-electron chi connectivity index (χ2n) is 4.11. The van der Waals surface area contributed by atoms with Crippen LogP contribution in [-0.4, -0.2) is 17.2 Å². The summed E-state index contributed by atoms with van der Waals surface area (Å²) in [6.07, 6.45) is 1.65. The molecule has 0 bridgehead atoms. The van der Waals surface area contributed by atoms with Gasteiger partial charge >= 0.3 is 0 Å². The van der Waals surface area contributed by atoms with Gasteiger partial charge in [-0.2, -0.15) is 0 Å². The van der Waals surface area contributed by atoms with Crippen LogP contribution in [0.5, 0.6) is 11.5 Å². The van der Waals surface area contributed by atoms with Crippen LogP contribution in [0.3, 0.4) is 0 Å². The van der Waals surface area contributed by atoms with Crippen molar-refractivity contribution >= 4 is 5.69 Å². The highest BCUT2D eigenvalue weighted by Gasteiger charge is 2.06. The number of pyridine rings is 1. The predicted molar refractivity (Wildman–Crippen MR) is 75.3 cm³/mol. The highest BCUT2D eigenvalue weighted by molar-refractivity contribution is 5.44. The Morgan fingerprint density at radius 1 is 1.25 bits per heavy atom. The maximum absolute atomic E-state index is 9.09. The molecule has 1 aromatic heterocycles. The van der Waals surface area contributed by atoms with Crippen LogP contribution in [0.2, 0.25) is 0 Å². The summed E-state index contributed by atoms with van der Waals surface area (Å²) in [6.45, 7) is 0.257. The average molecular weight is 275 g/mol. The molecule has 1 heterocycles. The van der Waals surface area contributed by atoms with E-state index in [1.807, 2.05) is 0 Å². The molecule has 6 nitrogen and oxygen atoms in total. The number of hydrogen-bond acceptors (Lipinski definition) is 6. The quantitative estimate of drug-likeness (QED) is 0.546. The van der Waals surface area contributed by atoms with E-state index in [1.54, 1.807) is 43.6 Å². The Morgan fingerprint density at radius 2 is 2.10 bits per heavy atom. The van der Waals surface area contributed by atoms with Crippen molar-refractivity contribution in [1.82, 2.24) is 4.98 Å². The number of nitrogens with one attached hydrogen (secondary N) is 1. The van der Waals surface area contributed by atoms with Crippen molar-refractivity contribution in [2.75, 3.05) is 12.5 Å². The van der Waals surface area contributed by atoms with Gasteiger partial charge in [0.15, 0.2) is 11.5 Å². The molecule has 2 aromatic rings. The van der Waals surface area contributed by atoms with E-state index in [0.29, 0.717) is 18.1 Å². The number of aliphatic hydroxyl groups excluding tert-OH is 1. The number of nitrogens with zero attached hydrogens (tertiary/aromatic N) is 1. The van der Waals surface area contributed by atoms with E-state index in [0.717, 1.165) is 16.9 Å². The lowest BCUT2D eigenvalue weighted by Gasteiger charge is -2.11. The molecule has 4 N–H and O–H groups in total. The van der Waals surface area contributed by atoms with E-state index < -0.39 is 0 Å². The molecule has 0 saturated heterocycles. The van der Waals surface area contributed by atoms with Gasteiger partial charge in [-0.15, -0.1) is 0 Å². The minimum absolute atomic E-state index is 0.0393. The lowest BCUT2D eigenvalue weighted by molar-refractivity contribution is 0.272. The fourth-order valence-electron chi connectivity index (χ4n) is 1.73. The number of anilines is 1. The van der Waals surface area contributed by atoms with E-state index in [1.165, 1.54) is 0 Å². The van der Waals surface area contributed by atoms with Crippen molar-refractivity contribution in [2.24, 2.45) is 5.84 Å². The molecule has 0 aliphatic carbocycles. The van der Waals surface area contributed by atoms with Crippen LogP contribution >= 0.6 is 0 Å². The largest absolute Gasteiger partial charge is 0.493 e. The van der Waals surface area contributed by atoms with E-state index >= 15 is 0 Å². The highest BCUT2D eigenvalue weighted by Crippen LogP contribution is 2.28. The van der Waals surface area contributed by atoms with Gasteiger partial charge in [0.2, 0.25) is 0 Å². The van der Waals surface area contributed by atoms with Crippen molar-refractivity contribution in [3.8, 4) is 11.5 Å². The van der Waals surface area contributed by atoms with E-state index in [4.69, 9.17) is 20.4 Å². The summed E-state index contributed by atoms with van der Waals surface area (Å²) >= 11 is 0. The summed E-state index contributed by atoms with van der Waals surface area (Å²) in [4.78, 5) is 4.19. The summed E-state index contributed by atoms with van der Waals surface area (Å²) in [5, 5.41) is 9.09. The van der Waals surface area contributed by atoms with Crippen LogP contribution in [0.1, 0.15) is 11.3 Å². The molecule has 20 heavy (non-hydrogen) atoms. The third kappa shape index (κ3) is 3.37. The molecule has 6 heteroatoms. The van der Waals surface area contributed by atoms with Gasteiger partial charge in [-0.25, -0.2) is 0 Å². The van der Waals surface area contributed by atoms with Gasteiger partial charge in [-0.1, -0.05) is 6.07 Å². The first-order valence-corrected chi connectivity index (χ1v) is 6.09. The number of hydrogen-bond donors (Lipinski definition) is 3. The first kappa shape index (κ1) is 14.1. The number of aromatic nitrogens is 1. The molecule has 0 radical (unpaired) electrons. The zero-order valence-electron chi connectivity index (χ0n) is 11.2. The van der Waals surface area contributed by atoms with Gasteiger partial charge in [0, 0.05) is 6.20 Å².